The number of carbonyl (C=O) groups excluding carboxylic acids is 3. The average molecular weight is 366 g/mol. The lowest BCUT2D eigenvalue weighted by Crippen LogP contribution is -2.44. The van der Waals surface area contributed by atoms with Gasteiger partial charge in [0, 0.05) is 0 Å². The summed E-state index contributed by atoms with van der Waals surface area (Å²) in [6.07, 6.45) is 2.17. The summed E-state index contributed by atoms with van der Waals surface area (Å²) in [4.78, 5) is 37.3. The Balaban J connectivity index is 1.92. The third-order valence-electron chi connectivity index (χ3n) is 4.28. The lowest BCUT2D eigenvalue weighted by Gasteiger charge is -2.21. The Morgan fingerprint density at radius 1 is 1.35 bits per heavy atom. The summed E-state index contributed by atoms with van der Waals surface area (Å²) < 4.78 is 23.5. The van der Waals surface area contributed by atoms with Gasteiger partial charge in [0.2, 0.25) is 0 Å². The van der Waals surface area contributed by atoms with Crippen LogP contribution in [-0.4, -0.2) is 42.0 Å². The molecule has 0 spiro atoms. The molecule has 0 radical (unpaired) electrons. The zero-order valence-electron chi connectivity index (χ0n) is 15.1. The maximum Gasteiger partial charge on any atom is 0.326 e. The number of amides is 3. The molecule has 1 aliphatic heterocycles. The molecule has 8 heteroatoms. The molecule has 0 aliphatic carbocycles. The number of benzene rings is 1. The van der Waals surface area contributed by atoms with Crippen LogP contribution in [0.5, 0.6) is 5.75 Å². The van der Waals surface area contributed by atoms with Crippen molar-refractivity contribution >= 4 is 17.9 Å². The lowest BCUT2D eigenvalue weighted by molar-refractivity contribution is -0.148. The first-order chi connectivity index (χ1) is 12.3. The van der Waals surface area contributed by atoms with E-state index in [2.05, 4.69) is 5.32 Å². The second-order valence-corrected chi connectivity index (χ2v) is 6.39. The van der Waals surface area contributed by atoms with Crippen LogP contribution in [0.4, 0.5) is 9.18 Å². The van der Waals surface area contributed by atoms with E-state index in [9.17, 15) is 18.8 Å². The highest BCUT2D eigenvalue weighted by Crippen LogP contribution is 2.23. The predicted molar refractivity (Wildman–Crippen MR) is 90.9 cm³/mol. The summed E-state index contributed by atoms with van der Waals surface area (Å²) >= 11 is 0. The van der Waals surface area contributed by atoms with Crippen LogP contribution in [0.1, 0.15) is 38.7 Å². The normalized spacial score (nSPS) is 19.5. The summed E-state index contributed by atoms with van der Waals surface area (Å²) in [5.74, 6) is -1.67. The number of unbranched alkanes of at least 4 members (excludes halogenated alkanes) is 1. The summed E-state index contributed by atoms with van der Waals surface area (Å²) in [5, 5.41) is 2.63. The molecule has 142 valence electrons. The van der Waals surface area contributed by atoms with E-state index in [1.807, 2.05) is 6.92 Å². The molecular formula is C18H23FN2O5. The van der Waals surface area contributed by atoms with Gasteiger partial charge in [-0.05, 0) is 31.0 Å². The smallest absolute Gasteiger partial charge is 0.326 e. The van der Waals surface area contributed by atoms with Crippen LogP contribution in [0.25, 0.3) is 0 Å². The lowest BCUT2D eigenvalue weighted by atomic mass is 9.95. The minimum absolute atomic E-state index is 0.0887. The zero-order chi connectivity index (χ0) is 19.3. The SMILES string of the molecule is CCCC[C@]1(C)NC(=O)N(CC(=O)OCc2ccc(OC)c(F)c2)C1=O. The summed E-state index contributed by atoms with van der Waals surface area (Å²) in [7, 11) is 1.35. The molecule has 1 aromatic carbocycles. The van der Waals surface area contributed by atoms with Crippen molar-refractivity contribution in [2.24, 2.45) is 0 Å². The first-order valence-electron chi connectivity index (χ1n) is 8.43. The van der Waals surface area contributed by atoms with Gasteiger partial charge in [0.05, 0.1) is 7.11 Å². The van der Waals surface area contributed by atoms with E-state index in [1.165, 1.54) is 19.2 Å². The number of esters is 1. The maximum atomic E-state index is 13.6. The van der Waals surface area contributed by atoms with Crippen LogP contribution in [0.2, 0.25) is 0 Å². The van der Waals surface area contributed by atoms with Gasteiger partial charge in [0.15, 0.2) is 11.6 Å². The quantitative estimate of drug-likeness (QED) is 0.564. The summed E-state index contributed by atoms with van der Waals surface area (Å²) in [6.45, 7) is 2.98. The Morgan fingerprint density at radius 2 is 2.08 bits per heavy atom. The first kappa shape index (κ1) is 19.7. The zero-order valence-corrected chi connectivity index (χ0v) is 15.1. The van der Waals surface area contributed by atoms with Crippen molar-refractivity contribution in [1.29, 1.82) is 0 Å². The number of ether oxygens (including phenoxy) is 2. The number of hydrogen-bond donors (Lipinski definition) is 1. The number of urea groups is 1. The largest absolute Gasteiger partial charge is 0.494 e. The molecule has 1 heterocycles. The fourth-order valence-electron chi connectivity index (χ4n) is 2.73. The van der Waals surface area contributed by atoms with Crippen molar-refractivity contribution in [3.63, 3.8) is 0 Å². The van der Waals surface area contributed by atoms with Crippen molar-refractivity contribution in [3.05, 3.63) is 29.6 Å². The molecule has 7 nitrogen and oxygen atoms in total. The minimum Gasteiger partial charge on any atom is -0.494 e. The molecular weight excluding hydrogens is 343 g/mol. The monoisotopic (exact) mass is 366 g/mol. The van der Waals surface area contributed by atoms with Gasteiger partial charge >= 0.3 is 12.0 Å². The van der Waals surface area contributed by atoms with Crippen molar-refractivity contribution < 1.29 is 28.2 Å². The van der Waals surface area contributed by atoms with Crippen molar-refractivity contribution in [1.82, 2.24) is 10.2 Å². The van der Waals surface area contributed by atoms with Crippen LogP contribution in [-0.2, 0) is 20.9 Å². The van der Waals surface area contributed by atoms with Gasteiger partial charge in [0.25, 0.3) is 5.91 Å². The van der Waals surface area contributed by atoms with Crippen LogP contribution in [0.15, 0.2) is 18.2 Å². The van der Waals surface area contributed by atoms with Crippen LogP contribution in [0, 0.1) is 5.82 Å². The Kier molecular flexibility index (Phi) is 6.18. The van der Waals surface area contributed by atoms with Crippen molar-refractivity contribution in [2.75, 3.05) is 13.7 Å². The van der Waals surface area contributed by atoms with Gasteiger partial charge in [-0.1, -0.05) is 25.8 Å². The van der Waals surface area contributed by atoms with Crippen LogP contribution in [0.3, 0.4) is 0 Å². The van der Waals surface area contributed by atoms with E-state index in [4.69, 9.17) is 9.47 Å². The topological polar surface area (TPSA) is 84.9 Å². The average Bonchev–Trinajstić information content (AvgIpc) is 2.82. The predicted octanol–water partition coefficient (Wildman–Crippen LogP) is 2.38. The third-order valence-corrected chi connectivity index (χ3v) is 4.28. The first-order valence-corrected chi connectivity index (χ1v) is 8.43. The highest BCUT2D eigenvalue weighted by molar-refractivity contribution is 6.08. The van der Waals surface area contributed by atoms with Crippen LogP contribution >= 0.6 is 0 Å². The van der Waals surface area contributed by atoms with E-state index in [0.717, 1.165) is 17.7 Å². The fourth-order valence-corrected chi connectivity index (χ4v) is 2.73. The third kappa shape index (κ3) is 4.30. The van der Waals surface area contributed by atoms with Crippen molar-refractivity contribution in [2.45, 2.75) is 45.3 Å². The molecule has 0 unspecified atom stereocenters. The molecule has 1 fully saturated rings. The van der Waals surface area contributed by atoms with Crippen molar-refractivity contribution in [3.8, 4) is 5.75 Å². The van der Waals surface area contributed by atoms with E-state index >= 15 is 0 Å². The standard InChI is InChI=1S/C18H23FN2O5/c1-4-5-8-18(2)16(23)21(17(24)20-18)10-15(22)26-11-12-6-7-14(25-3)13(19)9-12/h6-7,9H,4-5,8,10-11H2,1-3H3,(H,20,24)/t18-/m0/s1. The fraction of sp³-hybridized carbons (Fsp3) is 0.500. The Bertz CT molecular complexity index is 709. The number of nitrogens with zero attached hydrogens (tertiary/aromatic N) is 1. The molecule has 1 aromatic rings. The molecule has 1 atom stereocenters. The molecule has 0 bridgehead atoms. The molecule has 1 N–H and O–H groups in total. The van der Waals surface area contributed by atoms with Gasteiger partial charge < -0.3 is 14.8 Å². The van der Waals surface area contributed by atoms with Gasteiger partial charge in [-0.2, -0.15) is 0 Å². The van der Waals surface area contributed by atoms with Gasteiger partial charge in [-0.25, -0.2) is 9.18 Å². The van der Waals surface area contributed by atoms with Crippen LogP contribution < -0.4 is 10.1 Å². The Morgan fingerprint density at radius 3 is 2.69 bits per heavy atom. The van der Waals surface area contributed by atoms with Gasteiger partial charge in [0.1, 0.15) is 18.7 Å². The number of imide groups is 1. The van der Waals surface area contributed by atoms with E-state index in [0.29, 0.717) is 12.0 Å². The number of nitrogens with one attached hydrogen (secondary N) is 1. The second kappa shape index (κ2) is 8.16. The molecule has 1 saturated heterocycles. The summed E-state index contributed by atoms with van der Waals surface area (Å²) in [5.41, 5.74) is -0.561. The number of methoxy groups -OCH3 is 1. The highest BCUT2D eigenvalue weighted by atomic mass is 19.1. The number of halogens is 1. The van der Waals surface area contributed by atoms with Gasteiger partial charge in [-0.3, -0.25) is 14.5 Å². The van der Waals surface area contributed by atoms with E-state index in [1.54, 1.807) is 13.0 Å². The molecule has 26 heavy (non-hydrogen) atoms. The highest BCUT2D eigenvalue weighted by Gasteiger charge is 2.47. The number of hydrogen-bond acceptors (Lipinski definition) is 5. The number of rotatable bonds is 8. The molecule has 3 amide bonds. The summed E-state index contributed by atoms with van der Waals surface area (Å²) in [6, 6.07) is 3.57. The Labute approximate surface area is 151 Å². The Hall–Kier alpha value is -2.64. The van der Waals surface area contributed by atoms with Gasteiger partial charge in [-0.15, -0.1) is 0 Å². The van der Waals surface area contributed by atoms with E-state index in [-0.39, 0.29) is 12.4 Å². The number of carbonyl (C=O) groups is 3. The molecule has 0 aromatic heterocycles. The van der Waals surface area contributed by atoms with E-state index < -0.39 is 35.8 Å². The minimum atomic E-state index is -0.994. The maximum absolute atomic E-state index is 13.6. The molecule has 1 aliphatic rings. The second-order valence-electron chi connectivity index (χ2n) is 6.39. The molecule has 2 rings (SSSR count). The molecule has 0 saturated carbocycles.